The molecule has 0 aliphatic heterocycles. The molecule has 5 atom stereocenters. The summed E-state index contributed by atoms with van der Waals surface area (Å²) in [4.78, 5) is 20.3. The fraction of sp³-hybridized carbons (Fsp3) is 0.727. The summed E-state index contributed by atoms with van der Waals surface area (Å²) in [5, 5.41) is 15.5. The molecule has 4 bridgehead atoms. The molecule has 4 fully saturated rings. The summed E-state index contributed by atoms with van der Waals surface area (Å²) in [5.74, 6) is 1.67. The highest BCUT2D eigenvalue weighted by Gasteiger charge is 2.55. The Hall–Kier alpha value is -2.41. The molecular formula is C22H31N5O4S. The van der Waals surface area contributed by atoms with Gasteiger partial charge in [-0.05, 0) is 76.0 Å². The third-order valence-corrected chi connectivity index (χ3v) is 7.79. The Morgan fingerprint density at radius 2 is 1.94 bits per heavy atom. The molecule has 4 aliphatic carbocycles. The van der Waals surface area contributed by atoms with Crippen molar-refractivity contribution in [3.05, 3.63) is 11.8 Å². The molecule has 9 nitrogen and oxygen atoms in total. The summed E-state index contributed by atoms with van der Waals surface area (Å²) < 4.78 is 29.2. The molecule has 174 valence electrons. The highest BCUT2D eigenvalue weighted by molar-refractivity contribution is 7.90. The van der Waals surface area contributed by atoms with Crippen molar-refractivity contribution in [2.24, 2.45) is 23.2 Å². The van der Waals surface area contributed by atoms with Crippen LogP contribution in [0.25, 0.3) is 0 Å². The highest BCUT2D eigenvalue weighted by Crippen LogP contribution is 2.60. The largest absolute Gasteiger partial charge is 0.444 e. The number of nitrogens with one attached hydrogen (secondary N) is 2. The third-order valence-electron chi connectivity index (χ3n) is 6.93. The van der Waals surface area contributed by atoms with Gasteiger partial charge in [0.1, 0.15) is 23.1 Å². The van der Waals surface area contributed by atoms with Crippen molar-refractivity contribution < 1.29 is 17.9 Å². The van der Waals surface area contributed by atoms with Crippen LogP contribution in [0.15, 0.2) is 11.4 Å². The van der Waals surface area contributed by atoms with Gasteiger partial charge in [0, 0.05) is 18.8 Å². The predicted octanol–water partition coefficient (Wildman–Crippen LogP) is 2.88. The number of rotatable bonds is 5. The van der Waals surface area contributed by atoms with Gasteiger partial charge in [-0.25, -0.2) is 18.2 Å². The first kappa shape index (κ1) is 22.8. The van der Waals surface area contributed by atoms with Crippen LogP contribution in [0.1, 0.15) is 58.4 Å². The van der Waals surface area contributed by atoms with Crippen molar-refractivity contribution in [3.63, 3.8) is 0 Å². The second-order valence-corrected chi connectivity index (χ2v) is 12.7. The van der Waals surface area contributed by atoms with Crippen LogP contribution in [0, 0.1) is 34.5 Å². The molecular weight excluding hydrogens is 430 g/mol. The Bertz CT molecular complexity index is 1040. The number of alkyl carbamates (subject to hydrolysis) is 1. The SMILES string of the molecule is CC(C)(C)OC(=O)N[C@@H]1[C@@H]2CC3C[C@H]1C[C@@](CNc1nc(S(C)(=O)=O)ncc1C#N)(C3)C2. The second-order valence-electron chi connectivity index (χ2n) is 10.8. The Morgan fingerprint density at radius 1 is 1.28 bits per heavy atom. The second kappa shape index (κ2) is 7.87. The number of carbonyl (C=O) groups is 1. The van der Waals surface area contributed by atoms with E-state index in [0.29, 0.717) is 24.3 Å². The maximum atomic E-state index is 12.4. The van der Waals surface area contributed by atoms with Gasteiger partial charge in [-0.1, -0.05) is 0 Å². The Kier molecular flexibility index (Phi) is 5.60. The fourth-order valence-electron chi connectivity index (χ4n) is 6.12. The first-order valence-corrected chi connectivity index (χ1v) is 13.0. The summed E-state index contributed by atoms with van der Waals surface area (Å²) in [7, 11) is -3.57. The number of aromatic nitrogens is 2. The zero-order chi connectivity index (χ0) is 23.3. The minimum atomic E-state index is -3.57. The van der Waals surface area contributed by atoms with E-state index in [4.69, 9.17) is 4.74 Å². The number of nitriles is 1. The molecule has 5 rings (SSSR count). The van der Waals surface area contributed by atoms with E-state index >= 15 is 0 Å². The average Bonchev–Trinajstić information content (AvgIpc) is 2.66. The molecule has 1 heterocycles. The summed E-state index contributed by atoms with van der Waals surface area (Å²) >= 11 is 0. The molecule has 0 spiro atoms. The maximum absolute atomic E-state index is 12.4. The summed E-state index contributed by atoms with van der Waals surface area (Å²) in [5.41, 5.74) is -0.250. The molecule has 2 N–H and O–H groups in total. The van der Waals surface area contributed by atoms with Crippen LogP contribution in [-0.4, -0.2) is 48.9 Å². The van der Waals surface area contributed by atoms with Crippen LogP contribution in [0.4, 0.5) is 10.6 Å². The van der Waals surface area contributed by atoms with Crippen molar-refractivity contribution in [2.75, 3.05) is 18.1 Å². The summed E-state index contributed by atoms with van der Waals surface area (Å²) in [6.07, 6.45) is 7.20. The van der Waals surface area contributed by atoms with Gasteiger partial charge >= 0.3 is 6.09 Å². The maximum Gasteiger partial charge on any atom is 0.407 e. The Morgan fingerprint density at radius 3 is 2.50 bits per heavy atom. The van der Waals surface area contributed by atoms with Crippen LogP contribution in [0.5, 0.6) is 0 Å². The average molecular weight is 462 g/mol. The lowest BCUT2D eigenvalue weighted by atomic mass is 9.48. The van der Waals surface area contributed by atoms with E-state index in [1.807, 2.05) is 26.8 Å². The molecule has 0 saturated heterocycles. The third kappa shape index (κ3) is 4.68. The van der Waals surface area contributed by atoms with Crippen LogP contribution >= 0.6 is 0 Å². The number of amides is 1. The van der Waals surface area contributed by atoms with E-state index < -0.39 is 15.4 Å². The zero-order valence-electron chi connectivity index (χ0n) is 19.0. The van der Waals surface area contributed by atoms with Gasteiger partial charge in [-0.2, -0.15) is 10.2 Å². The lowest BCUT2D eigenvalue weighted by Crippen LogP contribution is -2.60. The van der Waals surface area contributed by atoms with Gasteiger partial charge in [-0.15, -0.1) is 0 Å². The van der Waals surface area contributed by atoms with E-state index in [1.54, 1.807) is 0 Å². The molecule has 4 saturated carbocycles. The smallest absolute Gasteiger partial charge is 0.407 e. The number of sulfone groups is 1. The number of carbonyl (C=O) groups excluding carboxylic acids is 1. The van der Waals surface area contributed by atoms with Crippen molar-refractivity contribution in [1.82, 2.24) is 15.3 Å². The van der Waals surface area contributed by atoms with Crippen LogP contribution in [0.3, 0.4) is 0 Å². The van der Waals surface area contributed by atoms with Crippen molar-refractivity contribution in [2.45, 2.75) is 69.7 Å². The molecule has 1 amide bonds. The van der Waals surface area contributed by atoms with E-state index in [1.165, 1.54) is 6.20 Å². The number of ether oxygens (including phenoxy) is 1. The van der Waals surface area contributed by atoms with Gasteiger partial charge in [0.05, 0.1) is 6.20 Å². The first-order valence-electron chi connectivity index (χ1n) is 11.1. The highest BCUT2D eigenvalue weighted by atomic mass is 32.2. The topological polar surface area (TPSA) is 134 Å². The summed E-state index contributed by atoms with van der Waals surface area (Å²) in [6.45, 7) is 6.20. The molecule has 1 aromatic rings. The lowest BCUT2D eigenvalue weighted by Gasteiger charge is -2.60. The number of hydrogen-bond acceptors (Lipinski definition) is 8. The predicted molar refractivity (Wildman–Crippen MR) is 117 cm³/mol. The van der Waals surface area contributed by atoms with Crippen molar-refractivity contribution in [3.8, 4) is 6.07 Å². The number of anilines is 1. The van der Waals surface area contributed by atoms with Gasteiger partial charge < -0.3 is 15.4 Å². The van der Waals surface area contributed by atoms with Gasteiger partial charge in [0.25, 0.3) is 0 Å². The van der Waals surface area contributed by atoms with Gasteiger partial charge in [0.15, 0.2) is 0 Å². The van der Waals surface area contributed by atoms with Crippen LogP contribution in [-0.2, 0) is 14.6 Å². The molecule has 0 aromatic carbocycles. The zero-order valence-corrected chi connectivity index (χ0v) is 19.8. The first-order chi connectivity index (χ1) is 14.9. The van der Waals surface area contributed by atoms with E-state index in [-0.39, 0.29) is 34.1 Å². The van der Waals surface area contributed by atoms with Crippen LogP contribution < -0.4 is 10.6 Å². The normalized spacial score (nSPS) is 31.1. The molecule has 1 unspecified atom stereocenters. The van der Waals surface area contributed by atoms with Crippen LogP contribution in [0.2, 0.25) is 0 Å². The Labute approximate surface area is 189 Å². The Balaban J connectivity index is 1.47. The molecule has 0 radical (unpaired) electrons. The molecule has 1 aromatic heterocycles. The van der Waals surface area contributed by atoms with Crippen molar-refractivity contribution in [1.29, 1.82) is 5.26 Å². The minimum absolute atomic E-state index is 0.0472. The monoisotopic (exact) mass is 461 g/mol. The van der Waals surface area contributed by atoms with E-state index in [9.17, 15) is 18.5 Å². The fourth-order valence-corrected chi connectivity index (χ4v) is 6.62. The number of hydrogen-bond donors (Lipinski definition) is 2. The van der Waals surface area contributed by atoms with E-state index in [0.717, 1.165) is 38.4 Å². The molecule has 10 heteroatoms. The standard InChI is InChI=1S/C22H31N5O4S/c1-21(2,3)31-20(28)26-17-14-5-13-6-15(17)9-22(7-13,8-14)12-25-18-16(10-23)11-24-19(27-18)32(4,29)30/h11,13-15,17H,5-9,12H2,1-4H3,(H,26,28)(H,24,25,27)/t13?,14-,15+,17-,22-. The minimum Gasteiger partial charge on any atom is -0.444 e. The molecule has 32 heavy (non-hydrogen) atoms. The lowest BCUT2D eigenvalue weighted by molar-refractivity contribution is -0.0703. The van der Waals surface area contributed by atoms with Gasteiger partial charge in [0.2, 0.25) is 15.0 Å². The quantitative estimate of drug-likeness (QED) is 0.639. The number of nitrogens with zero attached hydrogens (tertiary/aromatic N) is 3. The molecule has 4 aliphatic rings. The van der Waals surface area contributed by atoms with E-state index in [2.05, 4.69) is 20.6 Å². The van der Waals surface area contributed by atoms with Crippen molar-refractivity contribution >= 4 is 21.7 Å². The van der Waals surface area contributed by atoms with Gasteiger partial charge in [-0.3, -0.25) is 0 Å². The summed E-state index contributed by atoms with van der Waals surface area (Å²) in [6, 6.07) is 2.16.